The maximum Gasteiger partial charge on any atom is 0.254 e. The summed E-state index contributed by atoms with van der Waals surface area (Å²) in [4.78, 5) is 14.2. The largest absolute Gasteiger partial charge is 0.375 e. The summed E-state index contributed by atoms with van der Waals surface area (Å²) < 4.78 is 6.38. The lowest BCUT2D eigenvalue weighted by atomic mass is 10.1. The third kappa shape index (κ3) is 3.07. The van der Waals surface area contributed by atoms with Crippen LogP contribution in [0.2, 0.25) is 0 Å². The Bertz CT molecular complexity index is 413. The second kappa shape index (κ2) is 5.19. The van der Waals surface area contributed by atoms with Crippen LogP contribution < -0.4 is 0 Å². The molecule has 1 aromatic carbocycles. The van der Waals surface area contributed by atoms with Crippen LogP contribution in [-0.4, -0.2) is 36.6 Å². The van der Waals surface area contributed by atoms with Crippen molar-refractivity contribution < 1.29 is 9.53 Å². The maximum absolute atomic E-state index is 12.3. The molecule has 0 aromatic heterocycles. The molecule has 0 radical (unpaired) electrons. The first-order valence-electron chi connectivity index (χ1n) is 5.74. The van der Waals surface area contributed by atoms with Crippen molar-refractivity contribution in [2.24, 2.45) is 0 Å². The molecule has 0 bridgehead atoms. The summed E-state index contributed by atoms with van der Waals surface area (Å²) in [7, 11) is 0. The number of amides is 1. The molecule has 1 fully saturated rings. The van der Waals surface area contributed by atoms with Crippen LogP contribution in [0.15, 0.2) is 22.7 Å². The number of aryl methyl sites for hydroxylation is 1. The number of carbonyl (C=O) groups is 1. The topological polar surface area (TPSA) is 29.5 Å². The van der Waals surface area contributed by atoms with Crippen molar-refractivity contribution in [3.63, 3.8) is 0 Å². The molecule has 0 spiro atoms. The van der Waals surface area contributed by atoms with E-state index in [1.807, 2.05) is 36.9 Å². The predicted octanol–water partition coefficient (Wildman–Crippen LogP) is 2.62. The Morgan fingerprint density at radius 1 is 1.47 bits per heavy atom. The average molecular weight is 298 g/mol. The molecule has 4 heteroatoms. The van der Waals surface area contributed by atoms with Crippen LogP contribution in [0.25, 0.3) is 0 Å². The first kappa shape index (κ1) is 12.6. The highest BCUT2D eigenvalue weighted by atomic mass is 79.9. The van der Waals surface area contributed by atoms with Gasteiger partial charge in [0.15, 0.2) is 0 Å². The first-order valence-corrected chi connectivity index (χ1v) is 6.53. The Labute approximate surface area is 110 Å². The number of ether oxygens (including phenoxy) is 1. The number of halogens is 1. The minimum Gasteiger partial charge on any atom is -0.375 e. The zero-order chi connectivity index (χ0) is 12.4. The van der Waals surface area contributed by atoms with Gasteiger partial charge in [-0.3, -0.25) is 4.79 Å². The van der Waals surface area contributed by atoms with Crippen molar-refractivity contribution in [3.05, 3.63) is 33.8 Å². The van der Waals surface area contributed by atoms with E-state index in [-0.39, 0.29) is 12.0 Å². The standard InChI is InChI=1S/C13H16BrNO2/c1-9-5-11(7-12(14)6-9)13(16)15-3-4-17-10(2)8-15/h5-7,10H,3-4,8H2,1-2H3/t10-/m1/s1. The monoisotopic (exact) mass is 297 g/mol. The third-order valence-electron chi connectivity index (χ3n) is 2.82. The van der Waals surface area contributed by atoms with E-state index in [0.29, 0.717) is 19.7 Å². The summed E-state index contributed by atoms with van der Waals surface area (Å²) in [5.41, 5.74) is 1.83. The van der Waals surface area contributed by atoms with Crippen molar-refractivity contribution in [1.82, 2.24) is 4.90 Å². The highest BCUT2D eigenvalue weighted by molar-refractivity contribution is 9.10. The third-order valence-corrected chi connectivity index (χ3v) is 3.28. The number of benzene rings is 1. The van der Waals surface area contributed by atoms with Crippen molar-refractivity contribution >= 4 is 21.8 Å². The lowest BCUT2D eigenvalue weighted by Gasteiger charge is -2.31. The van der Waals surface area contributed by atoms with Gasteiger partial charge in [0.2, 0.25) is 0 Å². The van der Waals surface area contributed by atoms with Gasteiger partial charge in [0, 0.05) is 23.1 Å². The second-order valence-corrected chi connectivity index (χ2v) is 5.37. The summed E-state index contributed by atoms with van der Waals surface area (Å²) in [5, 5.41) is 0. The van der Waals surface area contributed by atoms with E-state index >= 15 is 0 Å². The minimum absolute atomic E-state index is 0.0875. The Balaban J connectivity index is 2.18. The maximum atomic E-state index is 12.3. The van der Waals surface area contributed by atoms with Gasteiger partial charge in [0.05, 0.1) is 12.7 Å². The van der Waals surface area contributed by atoms with Crippen molar-refractivity contribution in [2.75, 3.05) is 19.7 Å². The van der Waals surface area contributed by atoms with Crippen molar-refractivity contribution in [1.29, 1.82) is 0 Å². The Hall–Kier alpha value is -0.870. The molecule has 1 aliphatic rings. The molecule has 0 saturated carbocycles. The van der Waals surface area contributed by atoms with Crippen LogP contribution in [0.1, 0.15) is 22.8 Å². The zero-order valence-electron chi connectivity index (χ0n) is 10.1. The molecule has 2 rings (SSSR count). The van der Waals surface area contributed by atoms with Gasteiger partial charge in [-0.1, -0.05) is 15.9 Å². The van der Waals surface area contributed by atoms with Gasteiger partial charge < -0.3 is 9.64 Å². The van der Waals surface area contributed by atoms with Gasteiger partial charge >= 0.3 is 0 Å². The summed E-state index contributed by atoms with van der Waals surface area (Å²) in [5.74, 6) is 0.0875. The number of hydrogen-bond donors (Lipinski definition) is 0. The summed E-state index contributed by atoms with van der Waals surface area (Å²) >= 11 is 3.42. The van der Waals surface area contributed by atoms with Crippen LogP contribution in [-0.2, 0) is 4.74 Å². The molecular weight excluding hydrogens is 282 g/mol. The van der Waals surface area contributed by atoms with E-state index in [2.05, 4.69) is 15.9 Å². The van der Waals surface area contributed by atoms with Crippen LogP contribution in [0, 0.1) is 6.92 Å². The number of morpholine rings is 1. The fraction of sp³-hybridized carbons (Fsp3) is 0.462. The lowest BCUT2D eigenvalue weighted by molar-refractivity contribution is -0.0124. The van der Waals surface area contributed by atoms with Crippen molar-refractivity contribution in [3.8, 4) is 0 Å². The van der Waals surface area contributed by atoms with E-state index in [0.717, 1.165) is 15.6 Å². The molecule has 0 aliphatic carbocycles. The molecule has 92 valence electrons. The quantitative estimate of drug-likeness (QED) is 0.797. The highest BCUT2D eigenvalue weighted by Gasteiger charge is 2.22. The summed E-state index contributed by atoms with van der Waals surface area (Å²) in [6.07, 6.45) is 0.126. The van der Waals surface area contributed by atoms with Crippen LogP contribution in [0.4, 0.5) is 0 Å². The first-order chi connectivity index (χ1) is 8.06. The molecule has 0 unspecified atom stereocenters. The van der Waals surface area contributed by atoms with Gasteiger partial charge in [0.1, 0.15) is 0 Å². The smallest absolute Gasteiger partial charge is 0.254 e. The van der Waals surface area contributed by atoms with E-state index in [1.165, 1.54) is 0 Å². The Morgan fingerprint density at radius 2 is 2.24 bits per heavy atom. The van der Waals surface area contributed by atoms with E-state index in [4.69, 9.17) is 4.74 Å². The lowest BCUT2D eigenvalue weighted by Crippen LogP contribution is -2.44. The summed E-state index contributed by atoms with van der Waals surface area (Å²) in [6.45, 7) is 5.95. The fourth-order valence-corrected chi connectivity index (χ4v) is 2.65. The minimum atomic E-state index is 0.0875. The van der Waals surface area contributed by atoms with Crippen molar-refractivity contribution in [2.45, 2.75) is 20.0 Å². The van der Waals surface area contributed by atoms with E-state index in [9.17, 15) is 4.79 Å². The average Bonchev–Trinajstić information content (AvgIpc) is 2.26. The van der Waals surface area contributed by atoms with Gasteiger partial charge in [-0.15, -0.1) is 0 Å². The molecule has 3 nitrogen and oxygen atoms in total. The normalized spacial score (nSPS) is 20.4. The molecule has 1 saturated heterocycles. The van der Waals surface area contributed by atoms with Crippen LogP contribution >= 0.6 is 15.9 Å². The summed E-state index contributed by atoms with van der Waals surface area (Å²) in [6, 6.07) is 5.79. The van der Waals surface area contributed by atoms with Gasteiger partial charge in [0.25, 0.3) is 5.91 Å². The molecule has 1 heterocycles. The molecular formula is C13H16BrNO2. The number of rotatable bonds is 1. The molecule has 0 N–H and O–H groups in total. The number of hydrogen-bond acceptors (Lipinski definition) is 2. The zero-order valence-corrected chi connectivity index (χ0v) is 11.7. The molecule has 1 aliphatic heterocycles. The molecule has 1 atom stereocenters. The Kier molecular flexibility index (Phi) is 3.84. The molecule has 1 amide bonds. The van der Waals surface area contributed by atoms with Crippen LogP contribution in [0.5, 0.6) is 0 Å². The van der Waals surface area contributed by atoms with E-state index < -0.39 is 0 Å². The highest BCUT2D eigenvalue weighted by Crippen LogP contribution is 2.18. The molecule has 17 heavy (non-hydrogen) atoms. The Morgan fingerprint density at radius 3 is 2.88 bits per heavy atom. The number of carbonyl (C=O) groups excluding carboxylic acids is 1. The molecule has 1 aromatic rings. The van der Waals surface area contributed by atoms with Gasteiger partial charge in [-0.05, 0) is 37.6 Å². The van der Waals surface area contributed by atoms with Gasteiger partial charge in [-0.25, -0.2) is 0 Å². The second-order valence-electron chi connectivity index (χ2n) is 4.45. The van der Waals surface area contributed by atoms with Gasteiger partial charge in [-0.2, -0.15) is 0 Å². The SMILES string of the molecule is Cc1cc(Br)cc(C(=O)N2CCO[C@H](C)C2)c1. The van der Waals surface area contributed by atoms with Crippen LogP contribution in [0.3, 0.4) is 0 Å². The number of nitrogens with zero attached hydrogens (tertiary/aromatic N) is 1. The predicted molar refractivity (Wildman–Crippen MR) is 70.2 cm³/mol. The van der Waals surface area contributed by atoms with E-state index in [1.54, 1.807) is 0 Å². The fourth-order valence-electron chi connectivity index (χ4n) is 2.05.